The highest BCUT2D eigenvalue weighted by atomic mass is 16.1. The molecule has 1 unspecified atom stereocenters. The van der Waals surface area contributed by atoms with E-state index in [1.807, 2.05) is 52.1 Å². The Labute approximate surface area is 118 Å². The summed E-state index contributed by atoms with van der Waals surface area (Å²) in [5, 5.41) is 7.25. The van der Waals surface area contributed by atoms with Crippen molar-refractivity contribution in [1.29, 1.82) is 0 Å². The van der Waals surface area contributed by atoms with Crippen LogP contribution in [0.4, 0.5) is 5.69 Å². The molecular formula is C15H20N4O. The van der Waals surface area contributed by atoms with Gasteiger partial charge in [0.1, 0.15) is 0 Å². The molecule has 0 bridgehead atoms. The average Bonchev–Trinajstić information content (AvgIpc) is 2.63. The summed E-state index contributed by atoms with van der Waals surface area (Å²) < 4.78 is 1.72. The van der Waals surface area contributed by atoms with Gasteiger partial charge >= 0.3 is 0 Å². The van der Waals surface area contributed by atoms with Crippen LogP contribution in [0.3, 0.4) is 0 Å². The van der Waals surface area contributed by atoms with Gasteiger partial charge in [0.2, 0.25) is 0 Å². The zero-order chi connectivity index (χ0) is 14.9. The van der Waals surface area contributed by atoms with Crippen LogP contribution in [-0.2, 0) is 7.05 Å². The zero-order valence-corrected chi connectivity index (χ0v) is 12.3. The number of anilines is 1. The molecule has 0 fully saturated rings. The highest BCUT2D eigenvalue weighted by Crippen LogP contribution is 2.18. The molecule has 1 aromatic heterocycles. The van der Waals surface area contributed by atoms with E-state index in [1.54, 1.807) is 4.68 Å². The molecule has 1 amide bonds. The number of carbonyl (C=O) groups is 1. The molecule has 1 aromatic carbocycles. The third kappa shape index (κ3) is 2.66. The second-order valence-corrected chi connectivity index (χ2v) is 5.03. The van der Waals surface area contributed by atoms with Crippen molar-refractivity contribution in [3.05, 3.63) is 46.8 Å². The number of aryl methyl sites for hydroxylation is 2. The Bertz CT molecular complexity index is 645. The van der Waals surface area contributed by atoms with Gasteiger partial charge in [0.05, 0.1) is 17.3 Å². The van der Waals surface area contributed by atoms with E-state index in [9.17, 15) is 4.79 Å². The lowest BCUT2D eigenvalue weighted by molar-refractivity contribution is 0.0938. The number of nitrogen functional groups attached to an aromatic ring is 1. The fraction of sp³-hybridized carbons (Fsp3) is 0.333. The summed E-state index contributed by atoms with van der Waals surface area (Å²) in [6.07, 6.45) is 0. The highest BCUT2D eigenvalue weighted by molar-refractivity contribution is 5.96. The Balaban J connectivity index is 2.19. The van der Waals surface area contributed by atoms with E-state index in [4.69, 9.17) is 5.73 Å². The van der Waals surface area contributed by atoms with Gasteiger partial charge in [-0.1, -0.05) is 12.1 Å². The van der Waals surface area contributed by atoms with Crippen molar-refractivity contribution in [1.82, 2.24) is 15.1 Å². The number of nitrogens with two attached hydrogens (primary N) is 1. The Morgan fingerprint density at radius 2 is 2.10 bits per heavy atom. The number of hydrogen-bond acceptors (Lipinski definition) is 3. The predicted octanol–water partition coefficient (Wildman–Crippen LogP) is 2.11. The third-order valence-corrected chi connectivity index (χ3v) is 3.49. The van der Waals surface area contributed by atoms with Crippen molar-refractivity contribution in [2.24, 2.45) is 7.05 Å². The average molecular weight is 272 g/mol. The number of benzene rings is 1. The fourth-order valence-electron chi connectivity index (χ4n) is 2.28. The van der Waals surface area contributed by atoms with Crippen LogP contribution in [0.1, 0.15) is 40.3 Å². The Kier molecular flexibility index (Phi) is 3.79. The number of nitrogens with one attached hydrogen (secondary N) is 1. The maximum absolute atomic E-state index is 12.4. The van der Waals surface area contributed by atoms with Gasteiger partial charge in [-0.3, -0.25) is 9.48 Å². The maximum Gasteiger partial charge on any atom is 0.255 e. The Hall–Kier alpha value is -2.30. The molecule has 1 atom stereocenters. The van der Waals surface area contributed by atoms with Crippen molar-refractivity contribution >= 4 is 11.6 Å². The van der Waals surface area contributed by atoms with E-state index in [0.717, 1.165) is 17.0 Å². The second kappa shape index (κ2) is 5.36. The summed E-state index contributed by atoms with van der Waals surface area (Å²) >= 11 is 0. The minimum atomic E-state index is -0.108. The van der Waals surface area contributed by atoms with Gasteiger partial charge in [-0.2, -0.15) is 5.10 Å². The molecule has 0 radical (unpaired) electrons. The van der Waals surface area contributed by atoms with E-state index < -0.39 is 0 Å². The van der Waals surface area contributed by atoms with Gasteiger partial charge in [0.25, 0.3) is 5.91 Å². The Morgan fingerprint density at radius 1 is 1.40 bits per heavy atom. The Morgan fingerprint density at radius 3 is 2.65 bits per heavy atom. The fourth-order valence-corrected chi connectivity index (χ4v) is 2.28. The first-order chi connectivity index (χ1) is 9.40. The van der Waals surface area contributed by atoms with Crippen LogP contribution in [0.25, 0.3) is 0 Å². The minimum Gasteiger partial charge on any atom is -0.399 e. The number of rotatable bonds is 3. The van der Waals surface area contributed by atoms with Crippen molar-refractivity contribution < 1.29 is 4.79 Å². The summed E-state index contributed by atoms with van der Waals surface area (Å²) in [4.78, 5) is 12.4. The monoisotopic (exact) mass is 272 g/mol. The standard InChI is InChI=1S/C15H20N4O/c1-9(12-6-5-7-13(16)8-12)17-15(20)14-10(2)18-19(4)11(14)3/h5-9H,16H2,1-4H3,(H,17,20). The quantitative estimate of drug-likeness (QED) is 0.840. The maximum atomic E-state index is 12.4. The molecule has 106 valence electrons. The van der Waals surface area contributed by atoms with E-state index in [0.29, 0.717) is 11.3 Å². The van der Waals surface area contributed by atoms with Gasteiger partial charge in [-0.15, -0.1) is 0 Å². The predicted molar refractivity (Wildman–Crippen MR) is 79.4 cm³/mol. The van der Waals surface area contributed by atoms with Crippen molar-refractivity contribution in [3.8, 4) is 0 Å². The molecule has 3 N–H and O–H groups in total. The van der Waals surface area contributed by atoms with E-state index in [1.165, 1.54) is 0 Å². The molecule has 0 aliphatic carbocycles. The van der Waals surface area contributed by atoms with Crippen LogP contribution in [-0.4, -0.2) is 15.7 Å². The summed E-state index contributed by atoms with van der Waals surface area (Å²) in [5.41, 5.74) is 9.68. The van der Waals surface area contributed by atoms with Gasteiger partial charge in [0, 0.05) is 18.4 Å². The third-order valence-electron chi connectivity index (χ3n) is 3.49. The van der Waals surface area contributed by atoms with Gasteiger partial charge < -0.3 is 11.1 Å². The lowest BCUT2D eigenvalue weighted by Gasteiger charge is -2.15. The van der Waals surface area contributed by atoms with Crippen LogP contribution < -0.4 is 11.1 Å². The molecule has 2 aromatic rings. The number of hydrogen-bond donors (Lipinski definition) is 2. The number of aromatic nitrogens is 2. The van der Waals surface area contributed by atoms with Crippen LogP contribution in [0.5, 0.6) is 0 Å². The minimum absolute atomic E-state index is 0.106. The first-order valence-corrected chi connectivity index (χ1v) is 6.56. The van der Waals surface area contributed by atoms with Crippen molar-refractivity contribution in [2.75, 3.05) is 5.73 Å². The first-order valence-electron chi connectivity index (χ1n) is 6.56. The number of carbonyl (C=O) groups excluding carboxylic acids is 1. The normalized spacial score (nSPS) is 12.2. The van der Waals surface area contributed by atoms with E-state index >= 15 is 0 Å². The van der Waals surface area contributed by atoms with Crippen LogP contribution >= 0.6 is 0 Å². The molecule has 0 spiro atoms. The van der Waals surface area contributed by atoms with Gasteiger partial charge in [0.15, 0.2) is 0 Å². The molecule has 5 nitrogen and oxygen atoms in total. The van der Waals surface area contributed by atoms with E-state index in [2.05, 4.69) is 10.4 Å². The zero-order valence-electron chi connectivity index (χ0n) is 12.3. The molecule has 0 saturated heterocycles. The molecule has 0 saturated carbocycles. The van der Waals surface area contributed by atoms with Gasteiger partial charge in [-0.25, -0.2) is 0 Å². The summed E-state index contributed by atoms with van der Waals surface area (Å²) in [6.45, 7) is 5.67. The lowest BCUT2D eigenvalue weighted by Crippen LogP contribution is -2.27. The number of amides is 1. The molecular weight excluding hydrogens is 252 g/mol. The van der Waals surface area contributed by atoms with E-state index in [-0.39, 0.29) is 11.9 Å². The molecule has 5 heteroatoms. The summed E-state index contributed by atoms with van der Waals surface area (Å²) in [6, 6.07) is 7.42. The van der Waals surface area contributed by atoms with Crippen LogP contribution in [0.15, 0.2) is 24.3 Å². The molecule has 20 heavy (non-hydrogen) atoms. The SMILES string of the molecule is Cc1nn(C)c(C)c1C(=O)NC(C)c1cccc(N)c1. The smallest absolute Gasteiger partial charge is 0.255 e. The van der Waals surface area contributed by atoms with Crippen LogP contribution in [0.2, 0.25) is 0 Å². The van der Waals surface area contributed by atoms with Crippen LogP contribution in [0, 0.1) is 13.8 Å². The summed E-state index contributed by atoms with van der Waals surface area (Å²) in [5.74, 6) is -0.108. The first kappa shape index (κ1) is 14.1. The van der Waals surface area contributed by atoms with Crippen molar-refractivity contribution in [2.45, 2.75) is 26.8 Å². The van der Waals surface area contributed by atoms with Crippen molar-refractivity contribution in [3.63, 3.8) is 0 Å². The molecule has 0 aliphatic heterocycles. The van der Waals surface area contributed by atoms with Gasteiger partial charge in [-0.05, 0) is 38.5 Å². The molecule has 1 heterocycles. The molecule has 0 aliphatic rings. The largest absolute Gasteiger partial charge is 0.399 e. The summed E-state index contributed by atoms with van der Waals surface area (Å²) in [7, 11) is 1.83. The topological polar surface area (TPSA) is 72.9 Å². The number of nitrogens with zero attached hydrogens (tertiary/aromatic N) is 2. The second-order valence-electron chi connectivity index (χ2n) is 5.03. The molecule has 2 rings (SSSR count). The lowest BCUT2D eigenvalue weighted by atomic mass is 10.1. The highest BCUT2D eigenvalue weighted by Gasteiger charge is 2.19.